The Kier molecular flexibility index (Phi) is 2.92. The summed E-state index contributed by atoms with van der Waals surface area (Å²) in [5.41, 5.74) is -0.0252. The third-order valence-corrected chi connectivity index (χ3v) is 1.71. The SMILES string of the molecule is Oc1cc(F)c(CCS)c(F)c1. The van der Waals surface area contributed by atoms with Gasteiger partial charge in [-0.25, -0.2) is 8.78 Å². The van der Waals surface area contributed by atoms with Gasteiger partial charge >= 0.3 is 0 Å². The Morgan fingerprint density at radius 1 is 1.25 bits per heavy atom. The number of halogens is 2. The van der Waals surface area contributed by atoms with Crippen molar-refractivity contribution in [2.24, 2.45) is 0 Å². The average Bonchev–Trinajstić information content (AvgIpc) is 1.96. The highest BCUT2D eigenvalue weighted by Crippen LogP contribution is 2.19. The van der Waals surface area contributed by atoms with Crippen molar-refractivity contribution in [1.29, 1.82) is 0 Å². The number of thiol groups is 1. The topological polar surface area (TPSA) is 20.2 Å². The molecule has 0 unspecified atom stereocenters. The molecule has 1 rings (SSSR count). The molecule has 1 nitrogen and oxygen atoms in total. The van der Waals surface area contributed by atoms with Crippen LogP contribution in [0.5, 0.6) is 5.75 Å². The Balaban J connectivity index is 3.10. The quantitative estimate of drug-likeness (QED) is 0.684. The Hall–Kier alpha value is -0.770. The molecule has 0 aromatic heterocycles. The number of hydrogen-bond acceptors (Lipinski definition) is 2. The first-order valence-corrected chi connectivity index (χ1v) is 4.06. The molecule has 0 fully saturated rings. The minimum Gasteiger partial charge on any atom is -0.508 e. The highest BCUT2D eigenvalue weighted by Gasteiger charge is 2.09. The van der Waals surface area contributed by atoms with Crippen molar-refractivity contribution in [3.8, 4) is 5.75 Å². The first-order chi connectivity index (χ1) is 5.65. The summed E-state index contributed by atoms with van der Waals surface area (Å²) in [4.78, 5) is 0. The highest BCUT2D eigenvalue weighted by atomic mass is 32.1. The monoisotopic (exact) mass is 190 g/mol. The van der Waals surface area contributed by atoms with Gasteiger partial charge in [0.15, 0.2) is 0 Å². The van der Waals surface area contributed by atoms with E-state index in [9.17, 15) is 8.78 Å². The Morgan fingerprint density at radius 3 is 2.17 bits per heavy atom. The number of benzene rings is 1. The summed E-state index contributed by atoms with van der Waals surface area (Å²) < 4.78 is 25.7. The van der Waals surface area contributed by atoms with Gasteiger partial charge in [0, 0.05) is 17.7 Å². The highest BCUT2D eigenvalue weighted by molar-refractivity contribution is 7.80. The molecular formula is C8H8F2OS. The molecule has 66 valence electrons. The normalized spacial score (nSPS) is 10.2. The predicted octanol–water partition coefficient (Wildman–Crippen LogP) is 2.14. The van der Waals surface area contributed by atoms with Gasteiger partial charge in [0.1, 0.15) is 17.4 Å². The molecule has 4 heteroatoms. The van der Waals surface area contributed by atoms with E-state index in [0.29, 0.717) is 5.75 Å². The lowest BCUT2D eigenvalue weighted by molar-refractivity contribution is 0.457. The molecule has 0 radical (unpaired) electrons. The van der Waals surface area contributed by atoms with Crippen molar-refractivity contribution in [2.75, 3.05) is 5.75 Å². The number of aromatic hydroxyl groups is 1. The maximum absolute atomic E-state index is 12.9. The molecule has 0 aliphatic carbocycles. The fraction of sp³-hybridized carbons (Fsp3) is 0.250. The average molecular weight is 190 g/mol. The molecule has 0 aliphatic heterocycles. The summed E-state index contributed by atoms with van der Waals surface area (Å²) in [5, 5.41) is 8.79. The molecule has 0 amide bonds. The molecule has 1 aromatic rings. The van der Waals surface area contributed by atoms with Crippen LogP contribution >= 0.6 is 12.6 Å². The summed E-state index contributed by atoms with van der Waals surface area (Å²) in [5.74, 6) is -1.46. The van der Waals surface area contributed by atoms with Crippen LogP contribution in [-0.4, -0.2) is 10.9 Å². The second-order valence-corrected chi connectivity index (χ2v) is 2.81. The van der Waals surface area contributed by atoms with Crippen LogP contribution in [0.4, 0.5) is 8.78 Å². The second-order valence-electron chi connectivity index (χ2n) is 2.36. The zero-order chi connectivity index (χ0) is 9.14. The summed E-state index contributed by atoms with van der Waals surface area (Å²) in [7, 11) is 0. The fourth-order valence-corrected chi connectivity index (χ4v) is 1.16. The van der Waals surface area contributed by atoms with Gasteiger partial charge in [0.05, 0.1) is 0 Å². The summed E-state index contributed by atoms with van der Waals surface area (Å²) in [6, 6.07) is 1.78. The number of hydrogen-bond donors (Lipinski definition) is 2. The van der Waals surface area contributed by atoms with Crippen molar-refractivity contribution < 1.29 is 13.9 Å². The molecule has 0 saturated carbocycles. The molecule has 12 heavy (non-hydrogen) atoms. The van der Waals surface area contributed by atoms with Gasteiger partial charge in [-0.1, -0.05) is 0 Å². The van der Waals surface area contributed by atoms with Gasteiger partial charge in [0.25, 0.3) is 0 Å². The van der Waals surface area contributed by atoms with Gasteiger partial charge in [-0.15, -0.1) is 0 Å². The lowest BCUT2D eigenvalue weighted by Gasteiger charge is -2.02. The van der Waals surface area contributed by atoms with E-state index in [2.05, 4.69) is 12.6 Å². The van der Waals surface area contributed by atoms with Crippen LogP contribution < -0.4 is 0 Å². The van der Waals surface area contributed by atoms with Crippen LogP contribution in [0, 0.1) is 11.6 Å². The standard InChI is InChI=1S/C8H8F2OS/c9-7-3-5(11)4-8(10)6(7)1-2-12/h3-4,11-12H,1-2H2. The van der Waals surface area contributed by atoms with E-state index in [0.717, 1.165) is 12.1 Å². The van der Waals surface area contributed by atoms with E-state index >= 15 is 0 Å². The maximum atomic E-state index is 12.9. The fourth-order valence-electron chi connectivity index (χ4n) is 0.940. The smallest absolute Gasteiger partial charge is 0.133 e. The molecule has 0 heterocycles. The van der Waals surface area contributed by atoms with Crippen LogP contribution in [0.2, 0.25) is 0 Å². The molecule has 0 spiro atoms. The first kappa shape index (κ1) is 9.32. The summed E-state index contributed by atoms with van der Waals surface area (Å²) >= 11 is 3.86. The van der Waals surface area contributed by atoms with Crippen LogP contribution in [0.3, 0.4) is 0 Å². The lowest BCUT2D eigenvalue weighted by Crippen LogP contribution is -1.96. The number of rotatable bonds is 2. The molecule has 0 aliphatic rings. The van der Waals surface area contributed by atoms with E-state index in [-0.39, 0.29) is 12.0 Å². The van der Waals surface area contributed by atoms with E-state index in [1.807, 2.05) is 0 Å². The molecule has 0 bridgehead atoms. The Labute approximate surface area is 74.4 Å². The van der Waals surface area contributed by atoms with Crippen LogP contribution in [-0.2, 0) is 6.42 Å². The van der Waals surface area contributed by atoms with Gasteiger partial charge in [-0.2, -0.15) is 12.6 Å². The molecule has 1 N–H and O–H groups in total. The lowest BCUT2D eigenvalue weighted by atomic mass is 10.1. The first-order valence-electron chi connectivity index (χ1n) is 3.43. The third kappa shape index (κ3) is 1.88. The number of phenols is 1. The van der Waals surface area contributed by atoms with Crippen molar-refractivity contribution in [1.82, 2.24) is 0 Å². The third-order valence-electron chi connectivity index (χ3n) is 1.49. The molecule has 1 aromatic carbocycles. The van der Waals surface area contributed by atoms with E-state index < -0.39 is 17.4 Å². The van der Waals surface area contributed by atoms with E-state index in [4.69, 9.17) is 5.11 Å². The van der Waals surface area contributed by atoms with Crippen molar-refractivity contribution in [3.63, 3.8) is 0 Å². The van der Waals surface area contributed by atoms with Crippen LogP contribution in [0.1, 0.15) is 5.56 Å². The molecule has 0 saturated heterocycles. The van der Waals surface area contributed by atoms with E-state index in [1.165, 1.54) is 0 Å². The number of phenolic OH excluding ortho intramolecular Hbond substituents is 1. The van der Waals surface area contributed by atoms with Gasteiger partial charge < -0.3 is 5.11 Å². The summed E-state index contributed by atoms with van der Waals surface area (Å²) in [6.07, 6.45) is 0.223. The van der Waals surface area contributed by atoms with Crippen molar-refractivity contribution in [2.45, 2.75) is 6.42 Å². The zero-order valence-electron chi connectivity index (χ0n) is 6.22. The van der Waals surface area contributed by atoms with Gasteiger partial charge in [-0.05, 0) is 12.2 Å². The van der Waals surface area contributed by atoms with E-state index in [1.54, 1.807) is 0 Å². The Bertz CT molecular complexity index is 265. The van der Waals surface area contributed by atoms with Gasteiger partial charge in [-0.3, -0.25) is 0 Å². The zero-order valence-corrected chi connectivity index (χ0v) is 7.11. The van der Waals surface area contributed by atoms with Gasteiger partial charge in [0.2, 0.25) is 0 Å². The maximum Gasteiger partial charge on any atom is 0.133 e. The molecular weight excluding hydrogens is 182 g/mol. The van der Waals surface area contributed by atoms with Crippen LogP contribution in [0.15, 0.2) is 12.1 Å². The predicted molar refractivity (Wildman–Crippen MR) is 45.6 cm³/mol. The van der Waals surface area contributed by atoms with Crippen molar-refractivity contribution >= 4 is 12.6 Å². The Morgan fingerprint density at radius 2 is 1.75 bits per heavy atom. The van der Waals surface area contributed by atoms with Crippen LogP contribution in [0.25, 0.3) is 0 Å². The van der Waals surface area contributed by atoms with Crippen molar-refractivity contribution in [3.05, 3.63) is 29.3 Å². The second kappa shape index (κ2) is 3.76. The largest absolute Gasteiger partial charge is 0.508 e. The summed E-state index contributed by atoms with van der Waals surface area (Å²) in [6.45, 7) is 0. The minimum atomic E-state index is -0.721. The molecule has 0 atom stereocenters. The minimum absolute atomic E-state index is 0.0252.